The van der Waals surface area contributed by atoms with Crippen molar-refractivity contribution in [3.05, 3.63) is 0 Å². The minimum atomic E-state index is 0.00257. The van der Waals surface area contributed by atoms with E-state index in [9.17, 15) is 0 Å². The van der Waals surface area contributed by atoms with Gasteiger partial charge < -0.3 is 10.5 Å². The van der Waals surface area contributed by atoms with Crippen LogP contribution < -0.4 is 5.73 Å². The van der Waals surface area contributed by atoms with E-state index in [4.69, 9.17) is 10.5 Å². The Kier molecular flexibility index (Phi) is 2.90. The molecular weight excluding hydrogens is 138 g/mol. The van der Waals surface area contributed by atoms with Crippen LogP contribution in [-0.2, 0) is 4.74 Å². The predicted molar refractivity (Wildman–Crippen MR) is 46.4 cm³/mol. The Hall–Kier alpha value is -0.0800. The molecule has 11 heavy (non-hydrogen) atoms. The zero-order chi connectivity index (χ0) is 8.32. The summed E-state index contributed by atoms with van der Waals surface area (Å²) < 4.78 is 5.28. The van der Waals surface area contributed by atoms with Crippen LogP contribution >= 0.6 is 0 Å². The Morgan fingerprint density at radius 1 is 1.55 bits per heavy atom. The van der Waals surface area contributed by atoms with Gasteiger partial charge in [-0.1, -0.05) is 0 Å². The summed E-state index contributed by atoms with van der Waals surface area (Å²) in [6, 6.07) is 0. The van der Waals surface area contributed by atoms with Crippen LogP contribution in [0.25, 0.3) is 0 Å². The molecule has 1 aliphatic heterocycles. The van der Waals surface area contributed by atoms with Gasteiger partial charge in [0.2, 0.25) is 0 Å². The smallest absolute Gasteiger partial charge is 0.0495 e. The molecule has 1 atom stereocenters. The monoisotopic (exact) mass is 157 g/mol. The Balaban J connectivity index is 2.11. The van der Waals surface area contributed by atoms with Crippen LogP contribution in [0.15, 0.2) is 0 Å². The second kappa shape index (κ2) is 3.55. The van der Waals surface area contributed by atoms with Crippen LogP contribution in [0.5, 0.6) is 0 Å². The molecule has 0 spiro atoms. The first-order chi connectivity index (χ1) is 5.08. The number of hydrogen-bond donors (Lipinski definition) is 1. The standard InChI is InChI=1S/C9H19NO/c1-9(2,10)5-3-8-4-6-11-7-8/h8H,3-7,10H2,1-2H3. The average Bonchev–Trinajstić information content (AvgIpc) is 2.32. The zero-order valence-electron chi connectivity index (χ0n) is 7.60. The van der Waals surface area contributed by atoms with Crippen LogP contribution in [0.2, 0.25) is 0 Å². The fraction of sp³-hybridized carbons (Fsp3) is 1.00. The summed E-state index contributed by atoms with van der Waals surface area (Å²) in [6.07, 6.45) is 3.57. The lowest BCUT2D eigenvalue weighted by Gasteiger charge is -2.19. The fourth-order valence-electron chi connectivity index (χ4n) is 1.39. The van der Waals surface area contributed by atoms with E-state index in [0.717, 1.165) is 25.6 Å². The van der Waals surface area contributed by atoms with E-state index < -0.39 is 0 Å². The molecule has 0 saturated carbocycles. The van der Waals surface area contributed by atoms with Gasteiger partial charge in [-0.15, -0.1) is 0 Å². The van der Waals surface area contributed by atoms with Gasteiger partial charge >= 0.3 is 0 Å². The highest BCUT2D eigenvalue weighted by Crippen LogP contribution is 2.21. The van der Waals surface area contributed by atoms with Crippen LogP contribution in [0.3, 0.4) is 0 Å². The van der Waals surface area contributed by atoms with Crippen molar-refractivity contribution in [2.75, 3.05) is 13.2 Å². The van der Waals surface area contributed by atoms with Gasteiger partial charge in [0.25, 0.3) is 0 Å². The Bertz CT molecular complexity index is 111. The summed E-state index contributed by atoms with van der Waals surface area (Å²) in [6.45, 7) is 6.08. The van der Waals surface area contributed by atoms with Crippen molar-refractivity contribution in [3.8, 4) is 0 Å². The van der Waals surface area contributed by atoms with Crippen LogP contribution in [0.1, 0.15) is 33.1 Å². The SMILES string of the molecule is CC(C)(N)CCC1CCOC1. The van der Waals surface area contributed by atoms with E-state index in [1.807, 2.05) is 0 Å². The van der Waals surface area contributed by atoms with Gasteiger partial charge in [-0.05, 0) is 39.0 Å². The second-order valence-corrected chi connectivity index (χ2v) is 4.26. The van der Waals surface area contributed by atoms with Crippen LogP contribution in [0, 0.1) is 5.92 Å². The van der Waals surface area contributed by atoms with Gasteiger partial charge in [0.15, 0.2) is 0 Å². The first-order valence-corrected chi connectivity index (χ1v) is 4.44. The van der Waals surface area contributed by atoms with E-state index in [-0.39, 0.29) is 5.54 Å². The van der Waals surface area contributed by atoms with Crippen molar-refractivity contribution < 1.29 is 4.74 Å². The third kappa shape index (κ3) is 3.73. The van der Waals surface area contributed by atoms with Gasteiger partial charge in [-0.25, -0.2) is 0 Å². The van der Waals surface area contributed by atoms with Gasteiger partial charge in [0, 0.05) is 18.8 Å². The Morgan fingerprint density at radius 2 is 2.27 bits per heavy atom. The topological polar surface area (TPSA) is 35.2 Å². The molecule has 0 bridgehead atoms. The van der Waals surface area contributed by atoms with Gasteiger partial charge in [0.05, 0.1) is 0 Å². The molecule has 1 heterocycles. The fourth-order valence-corrected chi connectivity index (χ4v) is 1.39. The highest BCUT2D eigenvalue weighted by molar-refractivity contribution is 4.75. The molecule has 1 saturated heterocycles. The number of nitrogens with two attached hydrogens (primary N) is 1. The van der Waals surface area contributed by atoms with Crippen molar-refractivity contribution >= 4 is 0 Å². The Morgan fingerprint density at radius 3 is 2.73 bits per heavy atom. The van der Waals surface area contributed by atoms with Crippen molar-refractivity contribution in [1.29, 1.82) is 0 Å². The Labute approximate surface area is 69.1 Å². The molecule has 0 amide bonds. The van der Waals surface area contributed by atoms with E-state index in [1.54, 1.807) is 0 Å². The highest BCUT2D eigenvalue weighted by atomic mass is 16.5. The third-order valence-electron chi connectivity index (χ3n) is 2.22. The summed E-state index contributed by atoms with van der Waals surface area (Å²) in [4.78, 5) is 0. The normalized spacial score (nSPS) is 25.9. The molecule has 2 N–H and O–H groups in total. The summed E-state index contributed by atoms with van der Waals surface area (Å²) in [5, 5.41) is 0. The maximum atomic E-state index is 5.87. The molecule has 0 aromatic carbocycles. The maximum absolute atomic E-state index is 5.87. The van der Waals surface area contributed by atoms with Crippen molar-refractivity contribution in [3.63, 3.8) is 0 Å². The lowest BCUT2D eigenvalue weighted by atomic mass is 9.93. The number of ether oxygens (including phenoxy) is 1. The second-order valence-electron chi connectivity index (χ2n) is 4.26. The minimum Gasteiger partial charge on any atom is -0.381 e. The third-order valence-corrected chi connectivity index (χ3v) is 2.22. The molecule has 66 valence electrons. The highest BCUT2D eigenvalue weighted by Gasteiger charge is 2.18. The van der Waals surface area contributed by atoms with Gasteiger partial charge in [-0.3, -0.25) is 0 Å². The number of rotatable bonds is 3. The predicted octanol–water partition coefficient (Wildman–Crippen LogP) is 1.54. The number of hydrogen-bond acceptors (Lipinski definition) is 2. The van der Waals surface area contributed by atoms with Crippen molar-refractivity contribution in [2.24, 2.45) is 11.7 Å². The van der Waals surface area contributed by atoms with E-state index in [2.05, 4.69) is 13.8 Å². The van der Waals surface area contributed by atoms with Gasteiger partial charge in [-0.2, -0.15) is 0 Å². The minimum absolute atomic E-state index is 0.00257. The van der Waals surface area contributed by atoms with Crippen LogP contribution in [0.4, 0.5) is 0 Å². The molecule has 0 aromatic heterocycles. The first kappa shape index (κ1) is 9.01. The summed E-state index contributed by atoms with van der Waals surface area (Å²) in [5.41, 5.74) is 5.88. The summed E-state index contributed by atoms with van der Waals surface area (Å²) in [5.74, 6) is 0.776. The zero-order valence-corrected chi connectivity index (χ0v) is 7.60. The van der Waals surface area contributed by atoms with E-state index in [0.29, 0.717) is 0 Å². The molecule has 0 aliphatic carbocycles. The molecule has 1 fully saturated rings. The molecule has 0 radical (unpaired) electrons. The largest absolute Gasteiger partial charge is 0.381 e. The molecule has 1 unspecified atom stereocenters. The maximum Gasteiger partial charge on any atom is 0.0495 e. The van der Waals surface area contributed by atoms with Crippen LogP contribution in [-0.4, -0.2) is 18.8 Å². The van der Waals surface area contributed by atoms with Crippen molar-refractivity contribution in [1.82, 2.24) is 0 Å². The van der Waals surface area contributed by atoms with Gasteiger partial charge in [0.1, 0.15) is 0 Å². The molecule has 1 aliphatic rings. The van der Waals surface area contributed by atoms with Crippen molar-refractivity contribution in [2.45, 2.75) is 38.6 Å². The molecule has 2 nitrogen and oxygen atoms in total. The van der Waals surface area contributed by atoms with E-state index in [1.165, 1.54) is 12.8 Å². The molecule has 0 aromatic rings. The van der Waals surface area contributed by atoms with E-state index >= 15 is 0 Å². The lowest BCUT2D eigenvalue weighted by molar-refractivity contribution is 0.182. The first-order valence-electron chi connectivity index (χ1n) is 4.44. The summed E-state index contributed by atoms with van der Waals surface area (Å²) in [7, 11) is 0. The molecular formula is C9H19NO. The molecule has 1 rings (SSSR count). The lowest BCUT2D eigenvalue weighted by Crippen LogP contribution is -2.32. The average molecular weight is 157 g/mol. The quantitative estimate of drug-likeness (QED) is 0.674. The molecule has 2 heteroatoms. The summed E-state index contributed by atoms with van der Waals surface area (Å²) >= 11 is 0.